The van der Waals surface area contributed by atoms with E-state index in [2.05, 4.69) is 26.1 Å². The van der Waals surface area contributed by atoms with Gasteiger partial charge in [0, 0.05) is 6.42 Å². The molecule has 2 aromatic carbocycles. The summed E-state index contributed by atoms with van der Waals surface area (Å²) in [6.07, 6.45) is 0.351. The minimum absolute atomic E-state index is 0.0614. The van der Waals surface area contributed by atoms with Crippen LogP contribution in [-0.2, 0) is 32.8 Å². The van der Waals surface area contributed by atoms with Gasteiger partial charge in [-0.25, -0.2) is 0 Å². The maximum absolute atomic E-state index is 12.1. The Morgan fingerprint density at radius 2 is 1.63 bits per heavy atom. The largest absolute Gasteiger partial charge is 0.368 e. The Labute approximate surface area is 160 Å². The lowest BCUT2D eigenvalue weighted by molar-refractivity contribution is -0.130. The molecule has 2 amide bonds. The maximum Gasteiger partial charge on any atom is 0.246 e. The Morgan fingerprint density at radius 3 is 2.19 bits per heavy atom. The molecule has 2 rings (SSSR count). The Kier molecular flexibility index (Phi) is 7.13. The smallest absolute Gasteiger partial charge is 0.246 e. The minimum atomic E-state index is -0.765. The second-order valence-corrected chi connectivity index (χ2v) is 7.65. The molecule has 0 saturated heterocycles. The molecule has 0 unspecified atom stereocenters. The highest BCUT2D eigenvalue weighted by Gasteiger charge is 2.19. The van der Waals surface area contributed by atoms with Crippen LogP contribution in [0.3, 0.4) is 0 Å². The van der Waals surface area contributed by atoms with Gasteiger partial charge in [0.1, 0.15) is 12.6 Å². The molecule has 0 fully saturated rings. The van der Waals surface area contributed by atoms with Crippen molar-refractivity contribution < 1.29 is 14.3 Å². The van der Waals surface area contributed by atoms with E-state index in [9.17, 15) is 9.59 Å². The zero-order valence-electron chi connectivity index (χ0n) is 16.2. The molecule has 27 heavy (non-hydrogen) atoms. The third-order valence-electron chi connectivity index (χ3n) is 4.28. The number of ether oxygens (including phenoxy) is 1. The first-order valence-corrected chi connectivity index (χ1v) is 9.05. The van der Waals surface area contributed by atoms with Crippen molar-refractivity contribution in [2.45, 2.75) is 45.3 Å². The highest BCUT2D eigenvalue weighted by molar-refractivity contribution is 5.87. The molecular formula is C22H28N2O3. The van der Waals surface area contributed by atoms with Crippen molar-refractivity contribution in [3.63, 3.8) is 0 Å². The molecule has 0 aromatic heterocycles. The summed E-state index contributed by atoms with van der Waals surface area (Å²) in [5.74, 6) is -0.924. The lowest BCUT2D eigenvalue weighted by Gasteiger charge is -2.20. The van der Waals surface area contributed by atoms with E-state index in [4.69, 9.17) is 10.5 Å². The van der Waals surface area contributed by atoms with Gasteiger partial charge in [-0.1, -0.05) is 75.4 Å². The van der Waals surface area contributed by atoms with Crippen LogP contribution >= 0.6 is 0 Å². The van der Waals surface area contributed by atoms with Gasteiger partial charge in [0.05, 0.1) is 6.61 Å². The molecular weight excluding hydrogens is 340 g/mol. The van der Waals surface area contributed by atoms with Crippen LogP contribution in [0.5, 0.6) is 0 Å². The standard InChI is InChI=1S/C22H28N2O3/c1-22(2,3)18-11-9-16(10-12-18)13-19(21(23)26)24-20(25)15-27-14-17-7-5-4-6-8-17/h4-12,19H,13-15H2,1-3H3,(H2,23,26)(H,24,25)/t19-/m0/s1. The van der Waals surface area contributed by atoms with Crippen molar-refractivity contribution in [3.8, 4) is 0 Å². The number of benzene rings is 2. The summed E-state index contributed by atoms with van der Waals surface area (Å²) < 4.78 is 5.40. The second kappa shape index (κ2) is 9.33. The summed E-state index contributed by atoms with van der Waals surface area (Å²) in [5, 5.41) is 2.66. The van der Waals surface area contributed by atoms with Gasteiger partial charge >= 0.3 is 0 Å². The molecule has 0 aliphatic rings. The third-order valence-corrected chi connectivity index (χ3v) is 4.28. The van der Waals surface area contributed by atoms with Crippen LogP contribution in [-0.4, -0.2) is 24.5 Å². The maximum atomic E-state index is 12.1. The summed E-state index contributed by atoms with van der Waals surface area (Å²) in [7, 11) is 0. The molecule has 5 heteroatoms. The van der Waals surface area contributed by atoms with Gasteiger partial charge in [-0.15, -0.1) is 0 Å². The molecule has 0 saturated carbocycles. The molecule has 2 aromatic rings. The van der Waals surface area contributed by atoms with Crippen LogP contribution in [0.4, 0.5) is 0 Å². The fourth-order valence-corrected chi connectivity index (χ4v) is 2.67. The number of amides is 2. The number of carbonyl (C=O) groups excluding carboxylic acids is 2. The fourth-order valence-electron chi connectivity index (χ4n) is 2.67. The Hall–Kier alpha value is -2.66. The lowest BCUT2D eigenvalue weighted by Crippen LogP contribution is -2.47. The SMILES string of the molecule is CC(C)(C)c1ccc(C[C@H](NC(=O)COCc2ccccc2)C(N)=O)cc1. The van der Waals surface area contributed by atoms with Gasteiger partial charge < -0.3 is 15.8 Å². The van der Waals surface area contributed by atoms with Gasteiger partial charge in [0.2, 0.25) is 11.8 Å². The summed E-state index contributed by atoms with van der Waals surface area (Å²) in [4.78, 5) is 23.8. The Morgan fingerprint density at radius 1 is 1.00 bits per heavy atom. The van der Waals surface area contributed by atoms with Crippen molar-refractivity contribution in [3.05, 3.63) is 71.3 Å². The molecule has 3 N–H and O–H groups in total. The molecule has 5 nitrogen and oxygen atoms in total. The molecule has 0 spiro atoms. The average molecular weight is 368 g/mol. The normalized spacial score (nSPS) is 12.4. The first-order chi connectivity index (χ1) is 12.8. The highest BCUT2D eigenvalue weighted by Crippen LogP contribution is 2.22. The summed E-state index contributed by atoms with van der Waals surface area (Å²) in [6, 6.07) is 16.8. The molecule has 1 atom stereocenters. The van der Waals surface area contributed by atoms with E-state index in [1.807, 2.05) is 54.6 Å². The van der Waals surface area contributed by atoms with Crippen molar-refractivity contribution >= 4 is 11.8 Å². The molecule has 0 bridgehead atoms. The van der Waals surface area contributed by atoms with E-state index in [0.29, 0.717) is 13.0 Å². The molecule has 0 aliphatic carbocycles. The number of nitrogens with one attached hydrogen (secondary N) is 1. The topological polar surface area (TPSA) is 81.4 Å². The average Bonchev–Trinajstić information content (AvgIpc) is 2.61. The van der Waals surface area contributed by atoms with Crippen molar-refractivity contribution in [1.29, 1.82) is 0 Å². The third kappa shape index (κ3) is 6.87. The fraction of sp³-hybridized carbons (Fsp3) is 0.364. The highest BCUT2D eigenvalue weighted by atomic mass is 16.5. The summed E-state index contributed by atoms with van der Waals surface area (Å²) in [6.45, 7) is 6.64. The monoisotopic (exact) mass is 368 g/mol. The predicted octanol–water partition coefficient (Wildman–Crippen LogP) is 2.71. The van der Waals surface area contributed by atoms with Crippen LogP contribution in [0, 0.1) is 0 Å². The van der Waals surface area contributed by atoms with E-state index < -0.39 is 11.9 Å². The number of nitrogens with two attached hydrogens (primary N) is 1. The molecule has 144 valence electrons. The van der Waals surface area contributed by atoms with Crippen molar-refractivity contribution in [2.24, 2.45) is 5.73 Å². The zero-order chi connectivity index (χ0) is 19.9. The predicted molar refractivity (Wildman–Crippen MR) is 106 cm³/mol. The van der Waals surface area contributed by atoms with Crippen LogP contribution < -0.4 is 11.1 Å². The Bertz CT molecular complexity index is 749. The van der Waals surface area contributed by atoms with Crippen LogP contribution in [0.15, 0.2) is 54.6 Å². The van der Waals surface area contributed by atoms with Crippen molar-refractivity contribution in [2.75, 3.05) is 6.61 Å². The Balaban J connectivity index is 1.87. The first kappa shape index (κ1) is 20.6. The van der Waals surface area contributed by atoms with E-state index in [0.717, 1.165) is 11.1 Å². The molecule has 0 aliphatic heterocycles. The van der Waals surface area contributed by atoms with E-state index in [1.54, 1.807) is 0 Å². The summed E-state index contributed by atoms with van der Waals surface area (Å²) in [5.41, 5.74) is 8.65. The first-order valence-electron chi connectivity index (χ1n) is 9.05. The second-order valence-electron chi connectivity index (χ2n) is 7.65. The van der Waals surface area contributed by atoms with E-state index in [1.165, 1.54) is 5.56 Å². The van der Waals surface area contributed by atoms with E-state index >= 15 is 0 Å². The van der Waals surface area contributed by atoms with Crippen LogP contribution in [0.1, 0.15) is 37.5 Å². The van der Waals surface area contributed by atoms with Crippen molar-refractivity contribution in [1.82, 2.24) is 5.32 Å². The van der Waals surface area contributed by atoms with Gasteiger partial charge in [-0.05, 0) is 22.1 Å². The van der Waals surface area contributed by atoms with Crippen LogP contribution in [0.25, 0.3) is 0 Å². The van der Waals surface area contributed by atoms with E-state index in [-0.39, 0.29) is 17.9 Å². The minimum Gasteiger partial charge on any atom is -0.368 e. The zero-order valence-corrected chi connectivity index (χ0v) is 16.2. The molecule has 0 heterocycles. The number of carbonyl (C=O) groups is 2. The number of rotatable bonds is 8. The number of hydrogen-bond acceptors (Lipinski definition) is 3. The van der Waals surface area contributed by atoms with Gasteiger partial charge in [-0.3, -0.25) is 9.59 Å². The lowest BCUT2D eigenvalue weighted by atomic mass is 9.86. The number of primary amides is 1. The quantitative estimate of drug-likeness (QED) is 0.752. The van der Waals surface area contributed by atoms with Crippen LogP contribution in [0.2, 0.25) is 0 Å². The number of hydrogen-bond donors (Lipinski definition) is 2. The van der Waals surface area contributed by atoms with Gasteiger partial charge in [0.25, 0.3) is 0 Å². The van der Waals surface area contributed by atoms with Gasteiger partial charge in [0.15, 0.2) is 0 Å². The molecule has 0 radical (unpaired) electrons. The van der Waals surface area contributed by atoms with Gasteiger partial charge in [-0.2, -0.15) is 0 Å². The summed E-state index contributed by atoms with van der Waals surface area (Å²) >= 11 is 0.